The second-order valence-corrected chi connectivity index (χ2v) is 5.70. The van der Waals surface area contributed by atoms with Gasteiger partial charge in [0.05, 0.1) is 6.04 Å². The Bertz CT molecular complexity index is 552. The summed E-state index contributed by atoms with van der Waals surface area (Å²) in [6, 6.07) is 1.39. The first kappa shape index (κ1) is 19.6. The van der Waals surface area contributed by atoms with E-state index in [1.165, 1.54) is 0 Å². The van der Waals surface area contributed by atoms with Crippen molar-refractivity contribution in [2.24, 2.45) is 11.7 Å². The summed E-state index contributed by atoms with van der Waals surface area (Å²) in [7, 11) is 0. The number of primary amides is 1. The van der Waals surface area contributed by atoms with E-state index in [4.69, 9.17) is 20.2 Å². The van der Waals surface area contributed by atoms with E-state index in [1.807, 2.05) is 6.92 Å². The number of nitrogens with two attached hydrogens (primary N) is 1. The third-order valence-electron chi connectivity index (χ3n) is 4.02. The molecule has 0 aliphatic carbocycles. The van der Waals surface area contributed by atoms with E-state index in [2.05, 4.69) is 15.4 Å². The Labute approximate surface area is 140 Å². The van der Waals surface area contributed by atoms with Gasteiger partial charge in [0.25, 0.3) is 12.4 Å². The van der Waals surface area contributed by atoms with Crippen molar-refractivity contribution in [1.82, 2.24) is 15.4 Å². The number of amides is 2. The number of piperidine rings is 1. The smallest absolute Gasteiger partial charge is 0.290 e. The topological polar surface area (TPSA) is 139 Å². The summed E-state index contributed by atoms with van der Waals surface area (Å²) >= 11 is 0. The molecule has 1 aliphatic rings. The lowest BCUT2D eigenvalue weighted by Gasteiger charge is -2.34. The van der Waals surface area contributed by atoms with Gasteiger partial charge in [-0.15, -0.1) is 0 Å². The maximum Gasteiger partial charge on any atom is 0.290 e. The van der Waals surface area contributed by atoms with Gasteiger partial charge in [-0.1, -0.05) is 5.16 Å². The molecule has 2 amide bonds. The fourth-order valence-corrected chi connectivity index (χ4v) is 2.53. The van der Waals surface area contributed by atoms with Gasteiger partial charge in [0, 0.05) is 12.6 Å². The summed E-state index contributed by atoms with van der Waals surface area (Å²) in [4.78, 5) is 33.5. The molecule has 2 rings (SSSR count). The van der Waals surface area contributed by atoms with Crippen LogP contribution in [0.2, 0.25) is 0 Å². The predicted molar refractivity (Wildman–Crippen MR) is 85.2 cm³/mol. The molecular weight excluding hydrogens is 316 g/mol. The number of carbonyl (C=O) groups excluding carboxylic acids is 2. The molecule has 1 unspecified atom stereocenters. The van der Waals surface area contributed by atoms with Crippen molar-refractivity contribution in [2.45, 2.75) is 32.7 Å². The molecule has 1 fully saturated rings. The summed E-state index contributed by atoms with van der Waals surface area (Å²) in [6.45, 7) is 5.60. The van der Waals surface area contributed by atoms with Crippen LogP contribution in [-0.2, 0) is 9.59 Å². The van der Waals surface area contributed by atoms with Crippen molar-refractivity contribution >= 4 is 18.3 Å². The zero-order valence-electron chi connectivity index (χ0n) is 13.9. The molecule has 0 bridgehead atoms. The monoisotopic (exact) mass is 340 g/mol. The van der Waals surface area contributed by atoms with Gasteiger partial charge in [0.1, 0.15) is 5.76 Å². The predicted octanol–water partition coefficient (Wildman–Crippen LogP) is -0.000580. The zero-order chi connectivity index (χ0) is 18.1. The van der Waals surface area contributed by atoms with Crippen molar-refractivity contribution in [1.29, 1.82) is 0 Å². The second kappa shape index (κ2) is 9.66. The number of hydrogen-bond donors (Lipinski definition) is 3. The Balaban J connectivity index is 0.000000891. The van der Waals surface area contributed by atoms with Gasteiger partial charge >= 0.3 is 0 Å². The number of nitrogens with one attached hydrogen (secondary N) is 1. The van der Waals surface area contributed by atoms with E-state index >= 15 is 0 Å². The largest absolute Gasteiger partial charge is 0.483 e. The highest BCUT2D eigenvalue weighted by Gasteiger charge is 2.25. The number of aromatic nitrogens is 1. The molecule has 4 N–H and O–H groups in total. The van der Waals surface area contributed by atoms with Crippen LogP contribution in [0.3, 0.4) is 0 Å². The number of aryl methyl sites for hydroxylation is 1. The Morgan fingerprint density at radius 1 is 1.54 bits per heavy atom. The molecule has 134 valence electrons. The minimum Gasteiger partial charge on any atom is -0.483 e. The molecule has 1 aliphatic heterocycles. The number of rotatable bonds is 5. The molecule has 2 heterocycles. The normalized spacial score (nSPS) is 16.6. The summed E-state index contributed by atoms with van der Waals surface area (Å²) in [6.07, 6.45) is 1.88. The first-order valence-corrected chi connectivity index (χ1v) is 7.71. The maximum atomic E-state index is 11.9. The lowest BCUT2D eigenvalue weighted by atomic mass is 9.95. The molecule has 0 radical (unpaired) electrons. The lowest BCUT2D eigenvalue weighted by Crippen LogP contribution is -2.47. The Morgan fingerprint density at radius 3 is 2.58 bits per heavy atom. The molecule has 1 atom stereocenters. The fourth-order valence-electron chi connectivity index (χ4n) is 2.53. The van der Waals surface area contributed by atoms with Gasteiger partial charge in [-0.25, -0.2) is 0 Å². The molecule has 9 heteroatoms. The highest BCUT2D eigenvalue weighted by molar-refractivity contribution is 5.92. The van der Waals surface area contributed by atoms with E-state index in [0.717, 1.165) is 25.9 Å². The average molecular weight is 340 g/mol. The van der Waals surface area contributed by atoms with Crippen molar-refractivity contribution in [2.75, 3.05) is 19.6 Å². The van der Waals surface area contributed by atoms with Crippen molar-refractivity contribution in [3.05, 3.63) is 17.5 Å². The SMILES string of the molecule is Cc1cc(C(=O)NCC2CCN(C(C)C(N)=O)CC2)no1.O=CO. The molecule has 24 heavy (non-hydrogen) atoms. The number of carboxylic acid groups (broad SMARTS) is 1. The Morgan fingerprint density at radius 2 is 2.12 bits per heavy atom. The van der Waals surface area contributed by atoms with E-state index in [0.29, 0.717) is 23.9 Å². The Kier molecular flexibility index (Phi) is 7.90. The van der Waals surface area contributed by atoms with E-state index in [1.54, 1.807) is 13.0 Å². The summed E-state index contributed by atoms with van der Waals surface area (Å²) in [5.41, 5.74) is 5.63. The highest BCUT2D eigenvalue weighted by Crippen LogP contribution is 2.18. The summed E-state index contributed by atoms with van der Waals surface area (Å²) < 4.78 is 4.88. The third-order valence-corrected chi connectivity index (χ3v) is 4.02. The highest BCUT2D eigenvalue weighted by atomic mass is 16.5. The van der Waals surface area contributed by atoms with Gasteiger partial charge in [-0.3, -0.25) is 19.3 Å². The van der Waals surface area contributed by atoms with E-state index < -0.39 is 0 Å². The molecule has 0 aromatic carbocycles. The standard InChI is InChI=1S/C14H22N4O3.CH2O2/c1-9-7-12(17-21-9)14(20)16-8-11-3-5-18(6-4-11)10(2)13(15)19;2-1-3/h7,10-11H,3-6,8H2,1-2H3,(H2,15,19)(H,16,20);1H,(H,2,3). The van der Waals surface area contributed by atoms with Crippen LogP contribution in [0, 0.1) is 12.8 Å². The minimum atomic E-state index is -0.289. The summed E-state index contributed by atoms with van der Waals surface area (Å²) in [5.74, 6) is 0.537. The fraction of sp³-hybridized carbons (Fsp3) is 0.600. The quantitative estimate of drug-likeness (QED) is 0.641. The summed E-state index contributed by atoms with van der Waals surface area (Å²) in [5, 5.41) is 13.5. The number of hydrogen-bond acceptors (Lipinski definition) is 6. The van der Waals surface area contributed by atoms with Gasteiger partial charge in [0.15, 0.2) is 5.69 Å². The molecular formula is C15H24N4O5. The van der Waals surface area contributed by atoms with Crippen LogP contribution >= 0.6 is 0 Å². The lowest BCUT2D eigenvalue weighted by molar-refractivity contribution is -0.123. The van der Waals surface area contributed by atoms with Crippen LogP contribution in [0.5, 0.6) is 0 Å². The second-order valence-electron chi connectivity index (χ2n) is 5.70. The van der Waals surface area contributed by atoms with Crippen molar-refractivity contribution in [3.63, 3.8) is 0 Å². The zero-order valence-corrected chi connectivity index (χ0v) is 13.9. The molecule has 1 aromatic rings. The van der Waals surface area contributed by atoms with Crippen LogP contribution in [0.4, 0.5) is 0 Å². The first-order chi connectivity index (χ1) is 11.4. The molecule has 9 nitrogen and oxygen atoms in total. The van der Waals surface area contributed by atoms with Crippen LogP contribution < -0.4 is 11.1 Å². The minimum absolute atomic E-state index is 0.209. The number of carbonyl (C=O) groups is 3. The molecule has 1 saturated heterocycles. The van der Waals surface area contributed by atoms with Crippen LogP contribution in [0.15, 0.2) is 10.6 Å². The first-order valence-electron chi connectivity index (χ1n) is 7.71. The maximum absolute atomic E-state index is 11.9. The third kappa shape index (κ3) is 5.99. The molecule has 1 aromatic heterocycles. The average Bonchev–Trinajstić information content (AvgIpc) is 2.99. The molecule has 0 spiro atoms. The number of likely N-dealkylation sites (tertiary alicyclic amines) is 1. The van der Waals surface area contributed by atoms with Gasteiger partial charge in [-0.05, 0) is 45.7 Å². The van der Waals surface area contributed by atoms with Gasteiger partial charge in [0.2, 0.25) is 5.91 Å². The van der Waals surface area contributed by atoms with E-state index in [9.17, 15) is 9.59 Å². The van der Waals surface area contributed by atoms with Crippen LogP contribution in [0.25, 0.3) is 0 Å². The van der Waals surface area contributed by atoms with Crippen LogP contribution in [-0.4, -0.2) is 59.1 Å². The van der Waals surface area contributed by atoms with Gasteiger partial charge < -0.3 is 20.7 Å². The van der Waals surface area contributed by atoms with E-state index in [-0.39, 0.29) is 24.3 Å². The van der Waals surface area contributed by atoms with Crippen LogP contribution in [0.1, 0.15) is 36.0 Å². The number of nitrogens with zero attached hydrogens (tertiary/aromatic N) is 2. The molecule has 0 saturated carbocycles. The Hall–Kier alpha value is -2.42. The van der Waals surface area contributed by atoms with Crippen molar-refractivity contribution in [3.8, 4) is 0 Å². The van der Waals surface area contributed by atoms with Crippen molar-refractivity contribution < 1.29 is 24.0 Å². The van der Waals surface area contributed by atoms with Gasteiger partial charge in [-0.2, -0.15) is 0 Å².